The number of nitrogens with one attached hydrogen (secondary N) is 2. The topological polar surface area (TPSA) is 58.2 Å². The van der Waals surface area contributed by atoms with Gasteiger partial charge in [-0.1, -0.05) is 27.7 Å². The van der Waals surface area contributed by atoms with Gasteiger partial charge in [0, 0.05) is 23.9 Å². The Hall–Kier alpha value is -1.06. The fraction of sp³-hybridized carbons (Fsp3) is 0.875. The zero-order valence-electron chi connectivity index (χ0n) is 14.4. The van der Waals surface area contributed by atoms with Gasteiger partial charge in [0.15, 0.2) is 0 Å². The van der Waals surface area contributed by atoms with Gasteiger partial charge in [0.25, 0.3) is 0 Å². The first-order valence-electron chi connectivity index (χ1n) is 7.38. The molecule has 0 atom stereocenters. The van der Waals surface area contributed by atoms with Crippen molar-refractivity contribution < 1.29 is 9.59 Å². The van der Waals surface area contributed by atoms with Gasteiger partial charge in [-0.2, -0.15) is 0 Å². The molecule has 4 nitrogen and oxygen atoms in total. The van der Waals surface area contributed by atoms with Crippen molar-refractivity contribution in [3.63, 3.8) is 0 Å². The van der Waals surface area contributed by atoms with Crippen LogP contribution in [0.4, 0.5) is 0 Å². The second-order valence-electron chi connectivity index (χ2n) is 8.13. The summed E-state index contributed by atoms with van der Waals surface area (Å²) in [5, 5.41) is 6.06. The van der Waals surface area contributed by atoms with Crippen LogP contribution in [0.3, 0.4) is 0 Å². The van der Waals surface area contributed by atoms with Crippen LogP contribution in [0.2, 0.25) is 0 Å². The molecule has 2 amide bonds. The Morgan fingerprint density at radius 1 is 0.800 bits per heavy atom. The Kier molecular flexibility index (Phi) is 6.25. The van der Waals surface area contributed by atoms with E-state index in [1.807, 2.05) is 55.4 Å². The summed E-state index contributed by atoms with van der Waals surface area (Å²) in [6, 6.07) is 0. The van der Waals surface area contributed by atoms with Crippen LogP contribution in [0.15, 0.2) is 0 Å². The molecule has 0 unspecified atom stereocenters. The van der Waals surface area contributed by atoms with E-state index in [1.54, 1.807) is 0 Å². The standard InChI is InChI=1S/C16H32N2O2/c1-9-12(19)17-15(5,6)11-16(7,8)18-13(20)10-14(2,3)4/h9-11H2,1-8H3,(H,17,19)(H,18,20). The van der Waals surface area contributed by atoms with Crippen molar-refractivity contribution in [2.75, 3.05) is 0 Å². The SMILES string of the molecule is CCC(=O)NC(C)(C)CC(C)(C)NC(=O)CC(C)(C)C. The quantitative estimate of drug-likeness (QED) is 0.787. The van der Waals surface area contributed by atoms with E-state index in [0.29, 0.717) is 19.3 Å². The Balaban J connectivity index is 4.58. The molecule has 0 spiro atoms. The highest BCUT2D eigenvalue weighted by Gasteiger charge is 2.31. The lowest BCUT2D eigenvalue weighted by molar-refractivity contribution is -0.124. The van der Waals surface area contributed by atoms with Gasteiger partial charge in [-0.15, -0.1) is 0 Å². The van der Waals surface area contributed by atoms with E-state index in [4.69, 9.17) is 0 Å². The number of amides is 2. The first kappa shape index (κ1) is 18.9. The van der Waals surface area contributed by atoms with Crippen LogP contribution in [-0.2, 0) is 9.59 Å². The molecule has 0 aliphatic rings. The monoisotopic (exact) mass is 284 g/mol. The van der Waals surface area contributed by atoms with Crippen molar-refractivity contribution >= 4 is 11.8 Å². The van der Waals surface area contributed by atoms with Gasteiger partial charge in [0.2, 0.25) is 11.8 Å². The van der Waals surface area contributed by atoms with E-state index in [9.17, 15) is 9.59 Å². The molecule has 0 aliphatic carbocycles. The number of carbonyl (C=O) groups is 2. The van der Waals surface area contributed by atoms with Gasteiger partial charge in [0.1, 0.15) is 0 Å². The molecule has 0 aromatic heterocycles. The lowest BCUT2D eigenvalue weighted by atomic mass is 9.85. The predicted octanol–water partition coefficient (Wildman–Crippen LogP) is 3.01. The van der Waals surface area contributed by atoms with Crippen LogP contribution >= 0.6 is 0 Å². The molecule has 0 rings (SSSR count). The van der Waals surface area contributed by atoms with Crippen molar-refractivity contribution in [1.29, 1.82) is 0 Å². The van der Waals surface area contributed by atoms with Crippen molar-refractivity contribution in [3.8, 4) is 0 Å². The Labute approximate surface area is 124 Å². The molecule has 2 N–H and O–H groups in total. The van der Waals surface area contributed by atoms with E-state index in [0.717, 1.165) is 0 Å². The third kappa shape index (κ3) is 8.94. The van der Waals surface area contributed by atoms with Gasteiger partial charge in [-0.3, -0.25) is 9.59 Å². The molecular formula is C16H32N2O2. The maximum Gasteiger partial charge on any atom is 0.220 e. The summed E-state index contributed by atoms with van der Waals surface area (Å²) in [5.41, 5.74) is -0.718. The molecule has 0 radical (unpaired) electrons. The number of carbonyl (C=O) groups excluding carboxylic acids is 2. The summed E-state index contributed by atoms with van der Waals surface area (Å²) in [6.07, 6.45) is 1.65. The third-order valence-electron chi connectivity index (χ3n) is 2.85. The average Bonchev–Trinajstić information content (AvgIpc) is 2.09. The highest BCUT2D eigenvalue weighted by molar-refractivity contribution is 5.77. The fourth-order valence-electron chi connectivity index (χ4n) is 2.56. The second kappa shape index (κ2) is 6.59. The molecule has 0 bridgehead atoms. The second-order valence-corrected chi connectivity index (χ2v) is 8.13. The van der Waals surface area contributed by atoms with Crippen LogP contribution in [-0.4, -0.2) is 22.9 Å². The lowest BCUT2D eigenvalue weighted by Crippen LogP contribution is -2.53. The van der Waals surface area contributed by atoms with E-state index in [1.165, 1.54) is 0 Å². The van der Waals surface area contributed by atoms with Gasteiger partial charge in [-0.25, -0.2) is 0 Å². The van der Waals surface area contributed by atoms with Crippen molar-refractivity contribution in [2.24, 2.45) is 5.41 Å². The van der Waals surface area contributed by atoms with E-state index >= 15 is 0 Å². The molecule has 4 heteroatoms. The first-order valence-corrected chi connectivity index (χ1v) is 7.38. The maximum atomic E-state index is 12.0. The largest absolute Gasteiger partial charge is 0.351 e. The molecule has 0 fully saturated rings. The summed E-state index contributed by atoms with van der Waals surface area (Å²) in [4.78, 5) is 23.6. The minimum atomic E-state index is -0.354. The molecule has 0 saturated carbocycles. The number of hydrogen-bond acceptors (Lipinski definition) is 2. The minimum Gasteiger partial charge on any atom is -0.351 e. The van der Waals surface area contributed by atoms with Gasteiger partial charge >= 0.3 is 0 Å². The third-order valence-corrected chi connectivity index (χ3v) is 2.85. The van der Waals surface area contributed by atoms with Gasteiger partial charge in [0.05, 0.1) is 0 Å². The summed E-state index contributed by atoms with van der Waals surface area (Å²) in [5.74, 6) is 0.0898. The maximum absolute atomic E-state index is 12.0. The average molecular weight is 284 g/mol. The van der Waals surface area contributed by atoms with Crippen molar-refractivity contribution in [3.05, 3.63) is 0 Å². The summed E-state index contributed by atoms with van der Waals surface area (Å²) < 4.78 is 0. The molecule has 20 heavy (non-hydrogen) atoms. The highest BCUT2D eigenvalue weighted by Crippen LogP contribution is 2.22. The molecule has 0 aliphatic heterocycles. The van der Waals surface area contributed by atoms with Gasteiger partial charge in [-0.05, 0) is 39.5 Å². The summed E-state index contributed by atoms with van der Waals surface area (Å²) >= 11 is 0. The predicted molar refractivity (Wildman–Crippen MR) is 83.4 cm³/mol. The zero-order valence-corrected chi connectivity index (χ0v) is 14.4. The molecule has 0 saturated heterocycles. The molecular weight excluding hydrogens is 252 g/mol. The van der Waals surface area contributed by atoms with Crippen LogP contribution in [0.1, 0.15) is 74.7 Å². The van der Waals surface area contributed by atoms with E-state index in [-0.39, 0.29) is 28.3 Å². The first-order chi connectivity index (χ1) is 8.76. The normalized spacial score (nSPS) is 13.0. The molecule has 0 aromatic carbocycles. The van der Waals surface area contributed by atoms with Crippen LogP contribution in [0, 0.1) is 5.41 Å². The lowest BCUT2D eigenvalue weighted by Gasteiger charge is -2.36. The zero-order chi connectivity index (χ0) is 16.2. The summed E-state index contributed by atoms with van der Waals surface area (Å²) in [7, 11) is 0. The van der Waals surface area contributed by atoms with Gasteiger partial charge < -0.3 is 10.6 Å². The fourth-order valence-corrected chi connectivity index (χ4v) is 2.56. The summed E-state index contributed by atoms with van der Waals surface area (Å²) in [6.45, 7) is 15.9. The van der Waals surface area contributed by atoms with Crippen molar-refractivity contribution in [1.82, 2.24) is 10.6 Å². The van der Waals surface area contributed by atoms with E-state index in [2.05, 4.69) is 10.6 Å². The molecule has 0 aromatic rings. The number of rotatable bonds is 6. The smallest absolute Gasteiger partial charge is 0.220 e. The Bertz CT molecular complexity index is 352. The van der Waals surface area contributed by atoms with Crippen LogP contribution < -0.4 is 10.6 Å². The molecule has 118 valence electrons. The van der Waals surface area contributed by atoms with Crippen LogP contribution in [0.5, 0.6) is 0 Å². The van der Waals surface area contributed by atoms with Crippen molar-refractivity contribution in [2.45, 2.75) is 85.7 Å². The number of hydrogen-bond donors (Lipinski definition) is 2. The Morgan fingerprint density at radius 3 is 1.55 bits per heavy atom. The highest BCUT2D eigenvalue weighted by atomic mass is 16.2. The Morgan fingerprint density at radius 2 is 1.20 bits per heavy atom. The minimum absolute atomic E-state index is 0.0217. The molecule has 0 heterocycles. The van der Waals surface area contributed by atoms with Crippen LogP contribution in [0.25, 0.3) is 0 Å². The van der Waals surface area contributed by atoms with E-state index < -0.39 is 0 Å².